The van der Waals surface area contributed by atoms with E-state index in [1.165, 1.54) is 0 Å². The summed E-state index contributed by atoms with van der Waals surface area (Å²) < 4.78 is 13.0. The van der Waals surface area contributed by atoms with Gasteiger partial charge in [0, 0.05) is 24.5 Å². The maximum atomic E-state index is 10.3. The first-order valence-electron chi connectivity index (χ1n) is 7.97. The van der Waals surface area contributed by atoms with Crippen molar-refractivity contribution in [2.75, 3.05) is 26.8 Å². The number of β-amino-alcohol motifs (C(OH)–C–C–N with tert-alkyl or cyclic N) is 1. The lowest BCUT2D eigenvalue weighted by molar-refractivity contribution is 0.0880. The van der Waals surface area contributed by atoms with Crippen molar-refractivity contribution in [3.05, 3.63) is 30.6 Å². The van der Waals surface area contributed by atoms with Gasteiger partial charge in [0.2, 0.25) is 0 Å². The van der Waals surface area contributed by atoms with Gasteiger partial charge in [-0.1, -0.05) is 0 Å². The Bertz CT molecular complexity index is 666. The van der Waals surface area contributed by atoms with Gasteiger partial charge in [-0.15, -0.1) is 24.8 Å². The Morgan fingerprint density at radius 3 is 2.80 bits per heavy atom. The molecule has 8 heteroatoms. The van der Waals surface area contributed by atoms with E-state index in [0.29, 0.717) is 18.9 Å². The summed E-state index contributed by atoms with van der Waals surface area (Å²) in [7, 11) is 1.63. The van der Waals surface area contributed by atoms with Crippen molar-refractivity contribution >= 4 is 24.8 Å². The first kappa shape index (κ1) is 21.6. The fourth-order valence-electron chi connectivity index (χ4n) is 3.04. The van der Waals surface area contributed by atoms with Gasteiger partial charge >= 0.3 is 0 Å². The molecule has 0 bridgehead atoms. The Hall–Kier alpha value is -1.47. The molecule has 1 saturated heterocycles. The fourth-order valence-corrected chi connectivity index (χ4v) is 3.04. The van der Waals surface area contributed by atoms with E-state index < -0.39 is 6.10 Å². The first-order chi connectivity index (χ1) is 11.2. The fraction of sp³-hybridized carbons (Fsp3) is 0.471. The zero-order valence-electron chi connectivity index (χ0n) is 14.3. The topological polar surface area (TPSA) is 68.5 Å². The third-order valence-corrected chi connectivity index (χ3v) is 4.16. The molecule has 0 aliphatic carbocycles. The quantitative estimate of drug-likeness (QED) is 0.822. The van der Waals surface area contributed by atoms with Gasteiger partial charge in [0.05, 0.1) is 25.9 Å². The number of benzene rings is 1. The number of ether oxygens (including phenoxy) is 2. The first-order valence-corrected chi connectivity index (χ1v) is 7.97. The number of nitrogens with one attached hydrogen (secondary N) is 1. The number of aliphatic hydroxyl groups is 1. The second-order valence-corrected chi connectivity index (χ2v) is 5.58. The molecule has 0 radical (unpaired) electrons. The van der Waals surface area contributed by atoms with Crippen LogP contribution in [0.3, 0.4) is 0 Å². The molecule has 1 aliphatic rings. The van der Waals surface area contributed by atoms with Gasteiger partial charge in [-0.2, -0.15) is 0 Å². The van der Waals surface area contributed by atoms with E-state index in [1.807, 2.05) is 31.3 Å². The van der Waals surface area contributed by atoms with Gasteiger partial charge in [0.15, 0.2) is 11.5 Å². The largest absolute Gasteiger partial charge is 0.493 e. The number of piperidine rings is 1. The van der Waals surface area contributed by atoms with Crippen LogP contribution in [0.25, 0.3) is 11.4 Å². The van der Waals surface area contributed by atoms with Crippen LogP contribution in [0.4, 0.5) is 0 Å². The van der Waals surface area contributed by atoms with E-state index in [-0.39, 0.29) is 30.9 Å². The molecule has 25 heavy (non-hydrogen) atoms. The van der Waals surface area contributed by atoms with Crippen LogP contribution in [0.15, 0.2) is 30.6 Å². The number of nitrogens with zero attached hydrogens (tertiary/aromatic N) is 2. The Balaban J connectivity index is 0.00000156. The molecule has 140 valence electrons. The molecule has 2 heterocycles. The Labute approximate surface area is 160 Å². The third-order valence-electron chi connectivity index (χ3n) is 4.16. The van der Waals surface area contributed by atoms with E-state index in [2.05, 4.69) is 14.9 Å². The highest BCUT2D eigenvalue weighted by atomic mass is 35.5. The molecule has 1 aliphatic heterocycles. The van der Waals surface area contributed by atoms with Gasteiger partial charge in [0.1, 0.15) is 5.82 Å². The minimum atomic E-state index is -0.415. The number of hydrogen-bond donors (Lipinski definition) is 2. The average molecular weight is 390 g/mol. The van der Waals surface area contributed by atoms with E-state index >= 15 is 0 Å². The minimum Gasteiger partial charge on any atom is -0.493 e. The maximum absolute atomic E-state index is 10.3. The van der Waals surface area contributed by atoms with Crippen molar-refractivity contribution in [3.63, 3.8) is 0 Å². The summed E-state index contributed by atoms with van der Waals surface area (Å²) in [6.07, 6.45) is 4.16. The summed E-state index contributed by atoms with van der Waals surface area (Å²) >= 11 is 0. The van der Waals surface area contributed by atoms with Crippen molar-refractivity contribution in [3.8, 4) is 22.9 Å². The lowest BCUT2D eigenvalue weighted by atomic mass is 10.0. The molecule has 2 aromatic rings. The standard InChI is InChI=1S/C17H23N3O3.2ClH/c1-3-23-15-5-4-12(10-16(15)22-2)17-19-8-9-20(17)13-6-7-18-11-14(13)21;;/h4-5,8-10,13-14,18,21H,3,6-7,11H2,1-2H3;2*1H/t13-,14-;;/m0../s1. The van der Waals surface area contributed by atoms with Crippen LogP contribution < -0.4 is 14.8 Å². The molecule has 0 unspecified atom stereocenters. The molecule has 2 N–H and O–H groups in total. The molecule has 2 atom stereocenters. The van der Waals surface area contributed by atoms with Crippen molar-refractivity contribution in [2.45, 2.75) is 25.5 Å². The molecule has 1 fully saturated rings. The predicted octanol–water partition coefficient (Wildman–Crippen LogP) is 2.70. The smallest absolute Gasteiger partial charge is 0.161 e. The third kappa shape index (κ3) is 4.58. The zero-order chi connectivity index (χ0) is 16.2. The molecule has 1 aromatic heterocycles. The Morgan fingerprint density at radius 2 is 2.12 bits per heavy atom. The highest BCUT2D eigenvalue weighted by molar-refractivity contribution is 5.85. The van der Waals surface area contributed by atoms with Crippen LogP contribution in [0.2, 0.25) is 0 Å². The lowest BCUT2D eigenvalue weighted by Crippen LogP contribution is -2.41. The average Bonchev–Trinajstić information content (AvgIpc) is 3.05. The Morgan fingerprint density at radius 1 is 1.32 bits per heavy atom. The molecule has 0 amide bonds. The number of rotatable bonds is 5. The summed E-state index contributed by atoms with van der Waals surface area (Å²) in [5.41, 5.74) is 0.945. The number of imidazole rings is 1. The van der Waals surface area contributed by atoms with Crippen LogP contribution in [-0.2, 0) is 0 Å². The molecule has 0 saturated carbocycles. The van der Waals surface area contributed by atoms with Crippen LogP contribution in [0, 0.1) is 0 Å². The van der Waals surface area contributed by atoms with Gasteiger partial charge in [-0.05, 0) is 38.1 Å². The number of aromatic nitrogens is 2. The number of aliphatic hydroxyl groups excluding tert-OH is 1. The van der Waals surface area contributed by atoms with Crippen molar-refractivity contribution in [1.82, 2.24) is 14.9 Å². The van der Waals surface area contributed by atoms with Crippen LogP contribution in [0.5, 0.6) is 11.5 Å². The molecular weight excluding hydrogens is 365 g/mol. The molecule has 6 nitrogen and oxygen atoms in total. The molecule has 0 spiro atoms. The summed E-state index contributed by atoms with van der Waals surface area (Å²) in [6, 6.07) is 5.83. The van der Waals surface area contributed by atoms with Crippen LogP contribution in [-0.4, -0.2) is 47.6 Å². The number of methoxy groups -OCH3 is 1. The van der Waals surface area contributed by atoms with Gasteiger partial charge in [-0.25, -0.2) is 4.98 Å². The summed E-state index contributed by atoms with van der Waals surface area (Å²) in [5.74, 6) is 2.24. The maximum Gasteiger partial charge on any atom is 0.161 e. The zero-order valence-corrected chi connectivity index (χ0v) is 16.0. The van der Waals surface area contributed by atoms with Crippen LogP contribution in [0.1, 0.15) is 19.4 Å². The SMILES string of the molecule is CCOc1ccc(-c2nccn2[C@H]2CCNC[C@@H]2O)cc1OC.Cl.Cl. The monoisotopic (exact) mass is 389 g/mol. The van der Waals surface area contributed by atoms with Crippen LogP contribution >= 0.6 is 24.8 Å². The van der Waals surface area contributed by atoms with Crippen molar-refractivity contribution < 1.29 is 14.6 Å². The van der Waals surface area contributed by atoms with Gasteiger partial charge in [0.25, 0.3) is 0 Å². The van der Waals surface area contributed by atoms with E-state index in [9.17, 15) is 5.11 Å². The molecule has 1 aromatic carbocycles. The minimum absolute atomic E-state index is 0. The van der Waals surface area contributed by atoms with Crippen molar-refractivity contribution in [1.29, 1.82) is 0 Å². The van der Waals surface area contributed by atoms with E-state index in [1.54, 1.807) is 13.3 Å². The highest BCUT2D eigenvalue weighted by Gasteiger charge is 2.26. The summed E-state index contributed by atoms with van der Waals surface area (Å²) in [4.78, 5) is 4.48. The highest BCUT2D eigenvalue weighted by Crippen LogP contribution is 2.33. The molecular formula is C17H25Cl2N3O3. The normalized spacial score (nSPS) is 19.5. The number of halogens is 2. The molecule has 3 rings (SSSR count). The second-order valence-electron chi connectivity index (χ2n) is 5.58. The summed E-state index contributed by atoms with van der Waals surface area (Å²) in [5, 5.41) is 13.5. The summed E-state index contributed by atoms with van der Waals surface area (Å²) in [6.45, 7) is 4.03. The Kier molecular flexibility index (Phi) is 8.52. The number of hydrogen-bond acceptors (Lipinski definition) is 5. The van der Waals surface area contributed by atoms with E-state index in [4.69, 9.17) is 9.47 Å². The lowest BCUT2D eigenvalue weighted by Gasteiger charge is -2.30. The predicted molar refractivity (Wildman–Crippen MR) is 102 cm³/mol. The van der Waals surface area contributed by atoms with Gasteiger partial charge in [-0.3, -0.25) is 0 Å². The van der Waals surface area contributed by atoms with Crippen molar-refractivity contribution in [2.24, 2.45) is 0 Å². The van der Waals surface area contributed by atoms with Gasteiger partial charge < -0.3 is 24.5 Å². The second kappa shape index (κ2) is 9.87. The van der Waals surface area contributed by atoms with E-state index in [0.717, 1.165) is 30.1 Å².